The summed E-state index contributed by atoms with van der Waals surface area (Å²) in [6, 6.07) is 12.5. The predicted molar refractivity (Wildman–Crippen MR) is 101 cm³/mol. The minimum absolute atomic E-state index is 0.235. The van der Waals surface area contributed by atoms with Crippen molar-refractivity contribution in [1.29, 1.82) is 0 Å². The number of halogens is 1. The van der Waals surface area contributed by atoms with Crippen molar-refractivity contribution in [3.8, 4) is 5.75 Å². The number of methoxy groups -OCH3 is 1. The number of carbonyl (C=O) groups is 1. The first kappa shape index (κ1) is 17.7. The molecule has 3 rings (SSSR count). The number of nitrogens with zero attached hydrogens (tertiary/aromatic N) is 2. The Balaban J connectivity index is 1.61. The minimum atomic E-state index is -0.235. The summed E-state index contributed by atoms with van der Waals surface area (Å²) in [6.45, 7) is 0.424. The average Bonchev–Trinajstić information content (AvgIpc) is 2.68. The van der Waals surface area contributed by atoms with Crippen molar-refractivity contribution >= 4 is 28.9 Å². The Bertz CT molecular complexity index is 886. The molecule has 7 heteroatoms. The van der Waals surface area contributed by atoms with Crippen LogP contribution in [0.3, 0.4) is 0 Å². The molecule has 2 aromatic heterocycles. The normalized spacial score (nSPS) is 10.2. The molecule has 3 aromatic rings. The average molecular weight is 369 g/mol. The van der Waals surface area contributed by atoms with Crippen LogP contribution in [0, 0.1) is 0 Å². The summed E-state index contributed by atoms with van der Waals surface area (Å²) in [4.78, 5) is 20.3. The van der Waals surface area contributed by atoms with Gasteiger partial charge < -0.3 is 15.4 Å². The number of amides is 1. The number of anilines is 2. The fourth-order valence-corrected chi connectivity index (χ4v) is 2.54. The molecule has 0 saturated carbocycles. The Kier molecular flexibility index (Phi) is 5.66. The topological polar surface area (TPSA) is 76.1 Å². The number of carbonyl (C=O) groups excluding carboxylic acids is 1. The molecule has 0 radical (unpaired) electrons. The third-order valence-corrected chi connectivity index (χ3v) is 3.93. The summed E-state index contributed by atoms with van der Waals surface area (Å²) in [5.74, 6) is 0.373. The molecule has 0 atom stereocenters. The maximum atomic E-state index is 12.2. The number of ether oxygens (including phenoxy) is 1. The van der Waals surface area contributed by atoms with Crippen molar-refractivity contribution in [2.75, 3.05) is 12.4 Å². The standard InChI is InChI=1S/C19H17ClN4O2/c1-26-18-5-3-14(10-16(18)20)24-15-2-4-17(22-12-15)19(25)23-11-13-6-8-21-9-7-13/h2-10,12,24H,11H2,1H3,(H,23,25). The van der Waals surface area contributed by atoms with E-state index >= 15 is 0 Å². The van der Waals surface area contributed by atoms with Gasteiger partial charge in [0, 0.05) is 24.6 Å². The Morgan fingerprint density at radius 3 is 2.54 bits per heavy atom. The maximum Gasteiger partial charge on any atom is 0.270 e. The van der Waals surface area contributed by atoms with Crippen LogP contribution in [-0.2, 0) is 6.54 Å². The van der Waals surface area contributed by atoms with Crippen molar-refractivity contribution in [2.45, 2.75) is 6.54 Å². The van der Waals surface area contributed by atoms with Crippen LogP contribution in [0.25, 0.3) is 0 Å². The van der Waals surface area contributed by atoms with Crippen LogP contribution in [0.15, 0.2) is 61.1 Å². The van der Waals surface area contributed by atoms with Crippen molar-refractivity contribution in [3.63, 3.8) is 0 Å². The van der Waals surface area contributed by atoms with Gasteiger partial charge >= 0.3 is 0 Å². The SMILES string of the molecule is COc1ccc(Nc2ccc(C(=O)NCc3ccncc3)nc2)cc1Cl. The first-order valence-electron chi connectivity index (χ1n) is 7.89. The molecule has 1 amide bonds. The second-order valence-corrected chi connectivity index (χ2v) is 5.85. The van der Waals surface area contributed by atoms with E-state index < -0.39 is 0 Å². The van der Waals surface area contributed by atoms with E-state index in [2.05, 4.69) is 20.6 Å². The molecule has 0 fully saturated rings. The minimum Gasteiger partial charge on any atom is -0.495 e. The van der Waals surface area contributed by atoms with E-state index in [1.807, 2.05) is 18.2 Å². The fourth-order valence-electron chi connectivity index (χ4n) is 2.29. The highest BCUT2D eigenvalue weighted by Gasteiger charge is 2.07. The smallest absolute Gasteiger partial charge is 0.270 e. The molecule has 0 aliphatic heterocycles. The lowest BCUT2D eigenvalue weighted by Crippen LogP contribution is -2.23. The first-order valence-corrected chi connectivity index (χ1v) is 8.27. The largest absolute Gasteiger partial charge is 0.495 e. The van der Waals surface area contributed by atoms with Crippen LogP contribution < -0.4 is 15.4 Å². The Morgan fingerprint density at radius 2 is 1.88 bits per heavy atom. The molecule has 0 saturated heterocycles. The highest BCUT2D eigenvalue weighted by molar-refractivity contribution is 6.32. The predicted octanol–water partition coefficient (Wildman–Crippen LogP) is 3.81. The third kappa shape index (κ3) is 4.49. The lowest BCUT2D eigenvalue weighted by molar-refractivity contribution is 0.0946. The third-order valence-electron chi connectivity index (χ3n) is 3.64. The van der Waals surface area contributed by atoms with E-state index in [4.69, 9.17) is 16.3 Å². The zero-order chi connectivity index (χ0) is 18.4. The molecule has 0 aliphatic carbocycles. The van der Waals surface area contributed by atoms with Crippen molar-refractivity contribution in [3.05, 3.63) is 77.3 Å². The van der Waals surface area contributed by atoms with Crippen LogP contribution in [0.2, 0.25) is 5.02 Å². The van der Waals surface area contributed by atoms with E-state index in [1.165, 1.54) is 0 Å². The van der Waals surface area contributed by atoms with E-state index in [0.717, 1.165) is 16.9 Å². The van der Waals surface area contributed by atoms with E-state index in [9.17, 15) is 4.79 Å². The van der Waals surface area contributed by atoms with Gasteiger partial charge in [-0.05, 0) is 48.0 Å². The zero-order valence-corrected chi connectivity index (χ0v) is 14.8. The molecule has 2 N–H and O–H groups in total. The number of nitrogens with one attached hydrogen (secondary N) is 2. The Labute approximate surface area is 156 Å². The second-order valence-electron chi connectivity index (χ2n) is 5.44. The maximum absolute atomic E-state index is 12.2. The van der Waals surface area contributed by atoms with Gasteiger partial charge in [0.25, 0.3) is 5.91 Å². The quantitative estimate of drug-likeness (QED) is 0.691. The molecule has 1 aromatic carbocycles. The molecule has 6 nitrogen and oxygen atoms in total. The number of pyridine rings is 2. The summed E-state index contributed by atoms with van der Waals surface area (Å²) in [7, 11) is 1.57. The molecule has 0 unspecified atom stereocenters. The summed E-state index contributed by atoms with van der Waals surface area (Å²) < 4.78 is 5.13. The van der Waals surface area contributed by atoms with Crippen LogP contribution in [0.1, 0.15) is 16.1 Å². The second kappa shape index (κ2) is 8.31. The van der Waals surface area contributed by atoms with Crippen molar-refractivity contribution < 1.29 is 9.53 Å². The van der Waals surface area contributed by atoms with Gasteiger partial charge in [0.2, 0.25) is 0 Å². The molecule has 0 spiro atoms. The van der Waals surface area contributed by atoms with Gasteiger partial charge in [-0.1, -0.05) is 11.6 Å². The summed E-state index contributed by atoms with van der Waals surface area (Å²) in [5.41, 5.74) is 2.87. The monoisotopic (exact) mass is 368 g/mol. The van der Waals surface area contributed by atoms with Crippen molar-refractivity contribution in [2.24, 2.45) is 0 Å². The fraction of sp³-hybridized carbons (Fsp3) is 0.105. The van der Waals surface area contributed by atoms with E-state index in [1.54, 1.807) is 50.0 Å². The van der Waals surface area contributed by atoms with E-state index in [0.29, 0.717) is 23.0 Å². The van der Waals surface area contributed by atoms with Gasteiger partial charge in [-0.2, -0.15) is 0 Å². The van der Waals surface area contributed by atoms with Gasteiger partial charge in [0.05, 0.1) is 24.0 Å². The molecule has 132 valence electrons. The molecule has 2 heterocycles. The van der Waals surface area contributed by atoms with Gasteiger partial charge in [0.15, 0.2) is 0 Å². The van der Waals surface area contributed by atoms with Gasteiger partial charge in [-0.25, -0.2) is 4.98 Å². The van der Waals surface area contributed by atoms with Gasteiger partial charge in [0.1, 0.15) is 11.4 Å². The number of hydrogen-bond donors (Lipinski definition) is 2. The number of rotatable bonds is 6. The Morgan fingerprint density at radius 1 is 1.12 bits per heavy atom. The van der Waals surface area contributed by atoms with Crippen LogP contribution >= 0.6 is 11.6 Å². The number of hydrogen-bond acceptors (Lipinski definition) is 5. The van der Waals surface area contributed by atoms with Gasteiger partial charge in [-0.3, -0.25) is 9.78 Å². The lowest BCUT2D eigenvalue weighted by Gasteiger charge is -2.09. The number of benzene rings is 1. The molecule has 26 heavy (non-hydrogen) atoms. The highest BCUT2D eigenvalue weighted by Crippen LogP contribution is 2.28. The molecular formula is C19H17ClN4O2. The first-order chi connectivity index (χ1) is 12.7. The highest BCUT2D eigenvalue weighted by atomic mass is 35.5. The molecular weight excluding hydrogens is 352 g/mol. The lowest BCUT2D eigenvalue weighted by atomic mass is 10.2. The summed E-state index contributed by atoms with van der Waals surface area (Å²) in [5, 5.41) is 6.51. The van der Waals surface area contributed by atoms with E-state index in [-0.39, 0.29) is 5.91 Å². The number of aromatic nitrogens is 2. The zero-order valence-electron chi connectivity index (χ0n) is 14.1. The van der Waals surface area contributed by atoms with Gasteiger partial charge in [-0.15, -0.1) is 0 Å². The van der Waals surface area contributed by atoms with Crippen molar-refractivity contribution in [1.82, 2.24) is 15.3 Å². The van der Waals surface area contributed by atoms with Crippen LogP contribution in [0.4, 0.5) is 11.4 Å². The molecule has 0 bridgehead atoms. The molecule has 0 aliphatic rings. The summed E-state index contributed by atoms with van der Waals surface area (Å²) in [6.07, 6.45) is 4.97. The van der Waals surface area contributed by atoms with Crippen LogP contribution in [0.5, 0.6) is 5.75 Å². The summed E-state index contributed by atoms with van der Waals surface area (Å²) >= 11 is 6.11. The van der Waals surface area contributed by atoms with Crippen LogP contribution in [-0.4, -0.2) is 23.0 Å². The Hall–Kier alpha value is -3.12.